The first-order valence-electron chi connectivity index (χ1n) is 11.7. The smallest absolute Gasteiger partial charge is 0.252 e. The Labute approximate surface area is 218 Å². The molecular weight excluding hydrogens is 492 g/mol. The molecule has 8 nitrogen and oxygen atoms in total. The molecule has 0 saturated carbocycles. The minimum atomic E-state index is -0.834. The summed E-state index contributed by atoms with van der Waals surface area (Å²) in [7, 11) is 3.03. The molecule has 37 heavy (non-hydrogen) atoms. The first-order valence-corrected chi connectivity index (χ1v) is 12.5. The summed E-state index contributed by atoms with van der Waals surface area (Å²) < 4.78 is 17.4. The molecule has 0 saturated heterocycles. The van der Waals surface area contributed by atoms with E-state index in [1.54, 1.807) is 49.6 Å². The number of carbonyl (C=O) groups is 2. The third-order valence-electron chi connectivity index (χ3n) is 5.90. The zero-order valence-corrected chi connectivity index (χ0v) is 21.8. The van der Waals surface area contributed by atoms with Crippen molar-refractivity contribution < 1.29 is 28.9 Å². The number of aryl methyl sites for hydroxylation is 1. The minimum absolute atomic E-state index is 0.102. The fraction of sp³-hybridized carbons (Fsp3) is 0.250. The van der Waals surface area contributed by atoms with Crippen molar-refractivity contribution in [1.82, 2.24) is 10.3 Å². The van der Waals surface area contributed by atoms with Crippen molar-refractivity contribution in [3.63, 3.8) is 0 Å². The summed E-state index contributed by atoms with van der Waals surface area (Å²) in [5.74, 6) is 0.539. The highest BCUT2D eigenvalue weighted by atomic mass is 32.1. The van der Waals surface area contributed by atoms with Crippen molar-refractivity contribution in [1.29, 1.82) is 0 Å². The molecule has 0 aliphatic heterocycles. The van der Waals surface area contributed by atoms with Crippen LogP contribution in [0.15, 0.2) is 53.9 Å². The van der Waals surface area contributed by atoms with Gasteiger partial charge in [-0.25, -0.2) is 4.98 Å². The highest BCUT2D eigenvalue weighted by Gasteiger charge is 2.23. The molecule has 4 aromatic rings. The number of fused-ring (bicyclic) bond motifs is 1. The Balaban J connectivity index is 1.57. The number of pyridine rings is 1. The van der Waals surface area contributed by atoms with E-state index in [0.29, 0.717) is 28.5 Å². The molecule has 0 bridgehead atoms. The fourth-order valence-electron chi connectivity index (χ4n) is 3.98. The second-order valence-electron chi connectivity index (χ2n) is 8.35. The number of ether oxygens (including phenoxy) is 3. The zero-order chi connectivity index (χ0) is 26.5. The maximum absolute atomic E-state index is 13.3. The summed E-state index contributed by atoms with van der Waals surface area (Å²) in [4.78, 5) is 30.8. The molecule has 0 fully saturated rings. The number of nitrogens with zero attached hydrogens (tertiary/aromatic N) is 1. The standard InChI is InChI=1S/C28H28N2O6S/c1-16-6-5-7-19-20(15-37-27(16)19)25-23(34-3)11-9-21(30-25)26(32)17(2)29-28(33)18-8-10-22(36-13-12-31)24(14-18)35-4/h5-11,14-15,17,31H,12-13H2,1-4H3,(H,29,33)/t17-/m1/s1. The molecule has 2 heterocycles. The van der Waals surface area contributed by atoms with Crippen LogP contribution in [0.3, 0.4) is 0 Å². The van der Waals surface area contributed by atoms with Crippen molar-refractivity contribution in [3.05, 3.63) is 70.7 Å². The van der Waals surface area contributed by atoms with Crippen LogP contribution in [0.5, 0.6) is 17.2 Å². The van der Waals surface area contributed by atoms with Crippen LogP contribution in [0.1, 0.15) is 33.3 Å². The van der Waals surface area contributed by atoms with E-state index in [-0.39, 0.29) is 24.7 Å². The number of Topliss-reactive ketones (excluding diaryl/α,β-unsaturated/α-hetero) is 1. The van der Waals surface area contributed by atoms with Crippen LogP contribution in [0.2, 0.25) is 0 Å². The monoisotopic (exact) mass is 520 g/mol. The predicted octanol–water partition coefficient (Wildman–Crippen LogP) is 4.66. The normalized spacial score (nSPS) is 11.7. The number of hydrogen-bond acceptors (Lipinski definition) is 8. The Kier molecular flexibility index (Phi) is 8.05. The van der Waals surface area contributed by atoms with Crippen molar-refractivity contribution >= 4 is 33.1 Å². The Morgan fingerprint density at radius 2 is 1.81 bits per heavy atom. The van der Waals surface area contributed by atoms with Gasteiger partial charge in [0.2, 0.25) is 5.78 Å². The molecule has 0 aliphatic carbocycles. The number of aliphatic hydroxyl groups is 1. The van der Waals surface area contributed by atoms with Crippen LogP contribution in [0.25, 0.3) is 21.3 Å². The number of aliphatic hydroxyl groups excluding tert-OH is 1. The zero-order valence-electron chi connectivity index (χ0n) is 21.0. The van der Waals surface area contributed by atoms with E-state index in [2.05, 4.69) is 23.3 Å². The molecule has 2 N–H and O–H groups in total. The van der Waals surface area contributed by atoms with Gasteiger partial charge in [-0.3, -0.25) is 9.59 Å². The van der Waals surface area contributed by atoms with E-state index >= 15 is 0 Å². The Morgan fingerprint density at radius 1 is 1.05 bits per heavy atom. The largest absolute Gasteiger partial charge is 0.494 e. The average molecular weight is 521 g/mol. The molecule has 0 aliphatic rings. The van der Waals surface area contributed by atoms with E-state index in [1.165, 1.54) is 18.7 Å². The Morgan fingerprint density at radius 3 is 2.54 bits per heavy atom. The maximum Gasteiger partial charge on any atom is 0.252 e. The van der Waals surface area contributed by atoms with Gasteiger partial charge in [-0.1, -0.05) is 18.2 Å². The van der Waals surface area contributed by atoms with E-state index in [0.717, 1.165) is 15.6 Å². The van der Waals surface area contributed by atoms with Gasteiger partial charge < -0.3 is 24.6 Å². The van der Waals surface area contributed by atoms with Crippen LogP contribution in [0.4, 0.5) is 0 Å². The lowest BCUT2D eigenvalue weighted by Gasteiger charge is -2.15. The number of rotatable bonds is 10. The lowest BCUT2D eigenvalue weighted by molar-refractivity contribution is 0.0863. The number of carbonyl (C=O) groups excluding carboxylic acids is 2. The lowest BCUT2D eigenvalue weighted by Crippen LogP contribution is -2.38. The third-order valence-corrected chi connectivity index (χ3v) is 7.03. The summed E-state index contributed by atoms with van der Waals surface area (Å²) in [6.45, 7) is 3.63. The van der Waals surface area contributed by atoms with E-state index < -0.39 is 11.9 Å². The molecule has 4 rings (SSSR count). The summed E-state index contributed by atoms with van der Waals surface area (Å²) in [5.41, 5.74) is 3.16. The van der Waals surface area contributed by atoms with E-state index in [9.17, 15) is 9.59 Å². The number of methoxy groups -OCH3 is 2. The molecule has 1 amide bonds. The van der Waals surface area contributed by atoms with Gasteiger partial charge in [-0.15, -0.1) is 11.3 Å². The highest BCUT2D eigenvalue weighted by molar-refractivity contribution is 7.18. The second kappa shape index (κ2) is 11.4. The summed E-state index contributed by atoms with van der Waals surface area (Å²) >= 11 is 1.62. The molecule has 2 aromatic carbocycles. The van der Waals surface area contributed by atoms with Gasteiger partial charge in [0.25, 0.3) is 5.91 Å². The van der Waals surface area contributed by atoms with Gasteiger partial charge in [0.15, 0.2) is 11.5 Å². The van der Waals surface area contributed by atoms with Crippen LogP contribution >= 0.6 is 11.3 Å². The van der Waals surface area contributed by atoms with Gasteiger partial charge in [0.1, 0.15) is 23.7 Å². The number of thiophene rings is 1. The van der Waals surface area contributed by atoms with Crippen LogP contribution < -0.4 is 19.5 Å². The van der Waals surface area contributed by atoms with Gasteiger partial charge in [-0.2, -0.15) is 0 Å². The van der Waals surface area contributed by atoms with Crippen molar-refractivity contribution in [2.75, 3.05) is 27.4 Å². The number of nitrogens with one attached hydrogen (secondary N) is 1. The molecule has 0 radical (unpaired) electrons. The SMILES string of the molecule is COc1cc(C(=O)N[C@H](C)C(=O)c2ccc(OC)c(-c3csc4c(C)cccc34)n2)ccc1OCCO. The fourth-order valence-corrected chi connectivity index (χ4v) is 5.01. The molecular formula is C28H28N2O6S. The van der Waals surface area contributed by atoms with E-state index in [1.807, 2.05) is 17.5 Å². The second-order valence-corrected chi connectivity index (χ2v) is 9.23. The molecule has 192 valence electrons. The Bertz CT molecular complexity index is 1450. The van der Waals surface area contributed by atoms with Gasteiger partial charge in [0.05, 0.1) is 26.9 Å². The maximum atomic E-state index is 13.3. The van der Waals surface area contributed by atoms with E-state index in [4.69, 9.17) is 19.3 Å². The number of hydrogen-bond donors (Lipinski definition) is 2. The third kappa shape index (κ3) is 5.42. The number of aromatic nitrogens is 1. The Hall–Kier alpha value is -3.95. The van der Waals surface area contributed by atoms with Crippen LogP contribution in [-0.4, -0.2) is 55.3 Å². The van der Waals surface area contributed by atoms with Crippen molar-refractivity contribution in [2.45, 2.75) is 19.9 Å². The quantitative estimate of drug-likeness (QED) is 0.293. The van der Waals surface area contributed by atoms with Crippen LogP contribution in [0, 0.1) is 6.92 Å². The lowest BCUT2D eigenvalue weighted by atomic mass is 10.0. The van der Waals surface area contributed by atoms with Crippen molar-refractivity contribution in [3.8, 4) is 28.5 Å². The van der Waals surface area contributed by atoms with Crippen molar-refractivity contribution in [2.24, 2.45) is 0 Å². The first kappa shape index (κ1) is 26.1. The molecule has 1 atom stereocenters. The van der Waals surface area contributed by atoms with Gasteiger partial charge in [-0.05, 0) is 49.7 Å². The summed E-state index contributed by atoms with van der Waals surface area (Å²) in [6.07, 6.45) is 0. The molecule has 9 heteroatoms. The molecule has 0 spiro atoms. The van der Waals surface area contributed by atoms with Crippen LogP contribution in [-0.2, 0) is 0 Å². The topological polar surface area (TPSA) is 107 Å². The predicted molar refractivity (Wildman–Crippen MR) is 143 cm³/mol. The first-order chi connectivity index (χ1) is 17.9. The highest BCUT2D eigenvalue weighted by Crippen LogP contribution is 2.38. The molecule has 2 aromatic heterocycles. The number of benzene rings is 2. The van der Waals surface area contributed by atoms with Gasteiger partial charge in [0, 0.05) is 26.6 Å². The minimum Gasteiger partial charge on any atom is -0.494 e. The average Bonchev–Trinajstić information content (AvgIpc) is 3.36. The number of amides is 1. The number of ketones is 1. The summed E-state index contributed by atoms with van der Waals surface area (Å²) in [5, 5.41) is 14.8. The summed E-state index contributed by atoms with van der Waals surface area (Å²) in [6, 6.07) is 13.2. The van der Waals surface area contributed by atoms with Gasteiger partial charge >= 0.3 is 0 Å². The molecule has 0 unspecified atom stereocenters.